The fourth-order valence-electron chi connectivity index (χ4n) is 1.85. The number of benzene rings is 2. The van der Waals surface area contributed by atoms with E-state index >= 15 is 0 Å². The minimum Gasteiger partial charge on any atom is -0.478 e. The van der Waals surface area contributed by atoms with Crippen molar-refractivity contribution in [3.05, 3.63) is 64.1 Å². The van der Waals surface area contributed by atoms with Crippen LogP contribution in [0.1, 0.15) is 28.1 Å². The monoisotopic (exact) mass is 352 g/mol. The number of carbonyl (C=O) groups is 1. The quantitative estimate of drug-likeness (QED) is 0.903. The number of aromatic carboxylic acids is 1. The largest absolute Gasteiger partial charge is 0.478 e. The van der Waals surface area contributed by atoms with Crippen molar-refractivity contribution in [1.29, 1.82) is 0 Å². The lowest BCUT2D eigenvalue weighted by molar-refractivity contribution is 0.0695. The molecule has 2 aromatic rings. The topological polar surface area (TPSA) is 54.4 Å². The highest BCUT2D eigenvalue weighted by Crippen LogP contribution is 2.27. The molecule has 0 aliphatic rings. The van der Waals surface area contributed by atoms with Crippen LogP contribution in [-0.4, -0.2) is 15.3 Å². The van der Waals surface area contributed by atoms with E-state index in [0.29, 0.717) is 9.37 Å². The number of hydrogen-bond acceptors (Lipinski definition) is 2. The van der Waals surface area contributed by atoms with Crippen molar-refractivity contribution in [2.45, 2.75) is 17.1 Å². The van der Waals surface area contributed by atoms with Gasteiger partial charge in [0.1, 0.15) is 0 Å². The number of halogens is 1. The Bertz CT molecular complexity index is 655. The van der Waals surface area contributed by atoms with Crippen LogP contribution < -0.4 is 0 Å². The summed E-state index contributed by atoms with van der Waals surface area (Å²) < 4.78 is 13.0. The zero-order chi connectivity index (χ0) is 14.7. The Labute approximate surface area is 128 Å². The molecule has 5 heteroatoms. The lowest BCUT2D eigenvalue weighted by Gasteiger charge is -2.12. The van der Waals surface area contributed by atoms with E-state index in [-0.39, 0.29) is 10.8 Å². The minimum absolute atomic E-state index is 0.121. The third kappa shape index (κ3) is 3.16. The molecule has 2 aromatic carbocycles. The molecule has 0 aromatic heterocycles. The normalized spacial score (nSPS) is 13.7. The molecule has 0 saturated heterocycles. The molecule has 0 spiro atoms. The maximum atomic E-state index is 12.5. The van der Waals surface area contributed by atoms with Crippen molar-refractivity contribution in [2.75, 3.05) is 0 Å². The Morgan fingerprint density at radius 1 is 1.20 bits per heavy atom. The highest BCUT2D eigenvalue weighted by molar-refractivity contribution is 9.10. The summed E-state index contributed by atoms with van der Waals surface area (Å²) in [5.41, 5.74) is 1.08. The van der Waals surface area contributed by atoms with Gasteiger partial charge < -0.3 is 5.11 Å². The second-order valence-corrected chi connectivity index (χ2v) is 6.92. The Hall–Kier alpha value is -1.46. The van der Waals surface area contributed by atoms with Crippen molar-refractivity contribution in [3.63, 3.8) is 0 Å². The zero-order valence-corrected chi connectivity index (χ0v) is 13.1. The molecule has 20 heavy (non-hydrogen) atoms. The molecule has 0 radical (unpaired) electrons. The standard InChI is InChI=1S/C15H13BrO3S/c1-10(11-5-3-2-4-6-11)20(19)12-7-8-14(16)13(9-12)15(17)18/h2-10H,1H3,(H,17,18). The van der Waals surface area contributed by atoms with Crippen molar-refractivity contribution in [3.8, 4) is 0 Å². The summed E-state index contributed by atoms with van der Waals surface area (Å²) in [7, 11) is -1.30. The first-order valence-electron chi connectivity index (χ1n) is 5.99. The van der Waals surface area contributed by atoms with Gasteiger partial charge in [-0.3, -0.25) is 4.21 Å². The Balaban J connectivity index is 2.34. The first-order valence-corrected chi connectivity index (χ1v) is 7.99. The van der Waals surface area contributed by atoms with Gasteiger partial charge in [0, 0.05) is 9.37 Å². The summed E-state index contributed by atoms with van der Waals surface area (Å²) in [5, 5.41) is 8.90. The van der Waals surface area contributed by atoms with Crippen LogP contribution in [0.15, 0.2) is 57.9 Å². The Morgan fingerprint density at radius 3 is 2.45 bits per heavy atom. The summed E-state index contributed by atoms with van der Waals surface area (Å²) in [6.45, 7) is 1.87. The van der Waals surface area contributed by atoms with Crippen molar-refractivity contribution in [2.24, 2.45) is 0 Å². The predicted molar refractivity (Wildman–Crippen MR) is 82.4 cm³/mol. The molecule has 0 heterocycles. The lowest BCUT2D eigenvalue weighted by atomic mass is 10.2. The third-order valence-electron chi connectivity index (χ3n) is 2.99. The van der Waals surface area contributed by atoms with Crippen LogP contribution in [0.2, 0.25) is 0 Å². The van der Waals surface area contributed by atoms with Crippen LogP contribution in [0, 0.1) is 0 Å². The highest BCUT2D eigenvalue weighted by Gasteiger charge is 2.18. The molecule has 0 fully saturated rings. The van der Waals surface area contributed by atoms with E-state index in [1.54, 1.807) is 12.1 Å². The molecular formula is C15H13BrO3S. The van der Waals surface area contributed by atoms with E-state index in [9.17, 15) is 9.00 Å². The van der Waals surface area contributed by atoms with Crippen LogP contribution >= 0.6 is 15.9 Å². The van der Waals surface area contributed by atoms with E-state index in [0.717, 1.165) is 5.56 Å². The van der Waals surface area contributed by atoms with E-state index < -0.39 is 16.8 Å². The maximum Gasteiger partial charge on any atom is 0.336 e. The van der Waals surface area contributed by atoms with Crippen LogP contribution in [0.3, 0.4) is 0 Å². The van der Waals surface area contributed by atoms with Gasteiger partial charge in [-0.05, 0) is 46.6 Å². The average molecular weight is 353 g/mol. The first kappa shape index (κ1) is 14.9. The van der Waals surface area contributed by atoms with Crippen molar-refractivity contribution < 1.29 is 14.1 Å². The molecule has 3 nitrogen and oxygen atoms in total. The van der Waals surface area contributed by atoms with E-state index in [4.69, 9.17) is 5.11 Å². The van der Waals surface area contributed by atoms with Gasteiger partial charge >= 0.3 is 5.97 Å². The van der Waals surface area contributed by atoms with E-state index in [2.05, 4.69) is 15.9 Å². The predicted octanol–water partition coefficient (Wildman–Crippen LogP) is 4.02. The molecule has 104 valence electrons. The minimum atomic E-state index is -1.30. The maximum absolute atomic E-state index is 12.5. The molecule has 2 rings (SSSR count). The summed E-state index contributed by atoms with van der Waals surface area (Å²) in [6, 6.07) is 14.3. The molecule has 0 bridgehead atoms. The summed E-state index contributed by atoms with van der Waals surface area (Å²) in [6.07, 6.45) is 0. The molecule has 0 saturated carbocycles. The van der Waals surface area contributed by atoms with Crippen molar-refractivity contribution in [1.82, 2.24) is 0 Å². The van der Waals surface area contributed by atoms with Gasteiger partial charge in [-0.25, -0.2) is 4.79 Å². The molecule has 1 N–H and O–H groups in total. The number of carboxylic acids is 1. The van der Waals surface area contributed by atoms with Gasteiger partial charge in [0.2, 0.25) is 0 Å². The molecular weight excluding hydrogens is 340 g/mol. The summed E-state index contributed by atoms with van der Waals surface area (Å²) >= 11 is 3.18. The zero-order valence-electron chi connectivity index (χ0n) is 10.7. The Kier molecular flexibility index (Phi) is 4.73. The van der Waals surface area contributed by atoms with Gasteiger partial charge in [0.05, 0.1) is 21.6 Å². The van der Waals surface area contributed by atoms with Crippen LogP contribution in [0.4, 0.5) is 0 Å². The van der Waals surface area contributed by atoms with Gasteiger partial charge in [-0.15, -0.1) is 0 Å². The second kappa shape index (κ2) is 6.33. The van der Waals surface area contributed by atoms with Gasteiger partial charge in [-0.1, -0.05) is 30.3 Å². The average Bonchev–Trinajstić information content (AvgIpc) is 2.47. The molecule has 0 amide bonds. The number of hydrogen-bond donors (Lipinski definition) is 1. The van der Waals surface area contributed by atoms with Crippen molar-refractivity contribution >= 4 is 32.7 Å². The fourth-order valence-corrected chi connectivity index (χ4v) is 3.51. The Morgan fingerprint density at radius 2 is 1.85 bits per heavy atom. The third-order valence-corrected chi connectivity index (χ3v) is 5.32. The van der Waals surface area contributed by atoms with Gasteiger partial charge in [-0.2, -0.15) is 0 Å². The van der Waals surface area contributed by atoms with Gasteiger partial charge in [0.15, 0.2) is 0 Å². The molecule has 0 aliphatic carbocycles. The molecule has 2 atom stereocenters. The SMILES string of the molecule is CC(c1ccccc1)S(=O)c1ccc(Br)c(C(=O)O)c1. The van der Waals surface area contributed by atoms with E-state index in [1.807, 2.05) is 37.3 Å². The summed E-state index contributed by atoms with van der Waals surface area (Å²) in [5.74, 6) is -1.04. The smallest absolute Gasteiger partial charge is 0.336 e. The summed E-state index contributed by atoms with van der Waals surface area (Å²) in [4.78, 5) is 11.6. The fraction of sp³-hybridized carbons (Fsp3) is 0.133. The lowest BCUT2D eigenvalue weighted by Crippen LogP contribution is -2.05. The molecule has 0 aliphatic heterocycles. The van der Waals surface area contributed by atoms with Crippen LogP contribution in [0.5, 0.6) is 0 Å². The first-order chi connectivity index (χ1) is 9.50. The molecule has 2 unspecified atom stereocenters. The van der Waals surface area contributed by atoms with Gasteiger partial charge in [0.25, 0.3) is 0 Å². The number of rotatable bonds is 4. The number of carboxylic acid groups (broad SMARTS) is 1. The highest BCUT2D eigenvalue weighted by atomic mass is 79.9. The van der Waals surface area contributed by atoms with E-state index in [1.165, 1.54) is 6.07 Å². The van der Waals surface area contributed by atoms with Crippen LogP contribution in [0.25, 0.3) is 0 Å². The second-order valence-electron chi connectivity index (χ2n) is 4.30. The van der Waals surface area contributed by atoms with Crippen LogP contribution in [-0.2, 0) is 10.8 Å².